The molecule has 0 saturated carbocycles. The van der Waals surface area contributed by atoms with Crippen molar-refractivity contribution in [3.63, 3.8) is 0 Å². The molecule has 2 aliphatic rings. The first kappa shape index (κ1) is 29.3. The number of rotatable bonds is 10. The van der Waals surface area contributed by atoms with Crippen LogP contribution in [0, 0.1) is 6.92 Å². The number of fused-ring (bicyclic) bond motifs is 1. The van der Waals surface area contributed by atoms with Gasteiger partial charge in [-0.1, -0.05) is 18.2 Å². The van der Waals surface area contributed by atoms with Gasteiger partial charge in [-0.05, 0) is 55.3 Å². The molecular formula is C31H37N7O4. The topological polar surface area (TPSA) is 122 Å². The number of methoxy groups -OCH3 is 2. The lowest BCUT2D eigenvalue weighted by atomic mass is 9.99. The van der Waals surface area contributed by atoms with Crippen molar-refractivity contribution < 1.29 is 19.1 Å². The molecule has 3 aromatic rings. The van der Waals surface area contributed by atoms with Gasteiger partial charge in [-0.3, -0.25) is 19.5 Å². The molecule has 1 aliphatic carbocycles. The highest BCUT2D eigenvalue weighted by Gasteiger charge is 2.30. The molecule has 1 saturated heterocycles. The predicted octanol–water partition coefficient (Wildman–Crippen LogP) is 2.83. The summed E-state index contributed by atoms with van der Waals surface area (Å²) in [5.41, 5.74) is 6.99. The summed E-state index contributed by atoms with van der Waals surface area (Å²) < 4.78 is 10.1. The molecule has 0 bridgehead atoms. The summed E-state index contributed by atoms with van der Waals surface area (Å²) in [6.07, 6.45) is 6.37. The lowest BCUT2D eigenvalue weighted by Crippen LogP contribution is -2.54. The summed E-state index contributed by atoms with van der Waals surface area (Å²) in [5.74, 6) is 0.0399. The number of likely N-dealkylation sites (N-methyl/N-ethyl adjacent to an activating group) is 1. The second-order valence-electron chi connectivity index (χ2n) is 10.6. The van der Waals surface area contributed by atoms with Crippen molar-refractivity contribution in [2.24, 2.45) is 0 Å². The standard InChI is InChI=1S/C31H37N7O4/c1-20-17-33-31(34-22-9-8-21(32-18-22)16-28(39)42-4)36-29(20)25-11-10-24-23(25)6-5-7-26(24)35-30(40)27(19-41-3)38-14-12-37(2)13-15-38/h5-9,11,17-18,27H,10,12-16,19H2,1-4H3,(H,35,40)(H,33,34,36)/t27-/m1/s1. The zero-order valence-corrected chi connectivity index (χ0v) is 24.5. The molecule has 11 nitrogen and oxygen atoms in total. The number of carbonyl (C=O) groups is 2. The number of nitrogens with zero attached hydrogens (tertiary/aromatic N) is 5. The van der Waals surface area contributed by atoms with E-state index in [-0.39, 0.29) is 24.3 Å². The largest absolute Gasteiger partial charge is 0.469 e. The van der Waals surface area contributed by atoms with Crippen molar-refractivity contribution in [2.75, 3.05) is 64.7 Å². The van der Waals surface area contributed by atoms with Crippen LogP contribution in [-0.4, -0.2) is 96.7 Å². The number of benzene rings is 1. The molecule has 1 aromatic carbocycles. The van der Waals surface area contributed by atoms with E-state index in [2.05, 4.69) is 49.6 Å². The molecule has 0 spiro atoms. The summed E-state index contributed by atoms with van der Waals surface area (Å²) in [7, 11) is 5.09. The Morgan fingerprint density at radius 3 is 2.57 bits per heavy atom. The molecule has 1 fully saturated rings. The first-order valence-electron chi connectivity index (χ1n) is 14.0. The Balaban J connectivity index is 1.32. The van der Waals surface area contributed by atoms with E-state index in [1.807, 2.05) is 25.1 Å². The number of esters is 1. The van der Waals surface area contributed by atoms with Crippen LogP contribution in [0.1, 0.15) is 28.1 Å². The first-order valence-corrected chi connectivity index (χ1v) is 14.0. The summed E-state index contributed by atoms with van der Waals surface area (Å²) in [6.45, 7) is 5.83. The number of pyridine rings is 1. The molecular weight excluding hydrogens is 534 g/mol. The third kappa shape index (κ3) is 6.64. The summed E-state index contributed by atoms with van der Waals surface area (Å²) in [5, 5.41) is 6.40. The van der Waals surface area contributed by atoms with Crippen molar-refractivity contribution in [2.45, 2.75) is 25.8 Å². The Morgan fingerprint density at radius 2 is 1.86 bits per heavy atom. The molecule has 5 rings (SSSR count). The fraction of sp³-hybridized carbons (Fsp3) is 0.387. The number of carbonyl (C=O) groups excluding carboxylic acids is 2. The summed E-state index contributed by atoms with van der Waals surface area (Å²) >= 11 is 0. The van der Waals surface area contributed by atoms with Crippen LogP contribution in [0.4, 0.5) is 17.3 Å². The van der Waals surface area contributed by atoms with Crippen molar-refractivity contribution >= 4 is 34.8 Å². The van der Waals surface area contributed by atoms with E-state index in [4.69, 9.17) is 14.5 Å². The van der Waals surface area contributed by atoms with Gasteiger partial charge in [0.1, 0.15) is 6.04 Å². The van der Waals surface area contributed by atoms with Gasteiger partial charge < -0.3 is 25.0 Å². The second kappa shape index (κ2) is 13.2. The van der Waals surface area contributed by atoms with E-state index < -0.39 is 0 Å². The van der Waals surface area contributed by atoms with Crippen molar-refractivity contribution in [1.29, 1.82) is 0 Å². The lowest BCUT2D eigenvalue weighted by molar-refractivity contribution is -0.139. The van der Waals surface area contributed by atoms with Crippen LogP contribution in [0.25, 0.3) is 5.57 Å². The van der Waals surface area contributed by atoms with Crippen LogP contribution in [0.5, 0.6) is 0 Å². The Bertz CT molecular complexity index is 1470. The normalized spacial score (nSPS) is 16.0. The van der Waals surface area contributed by atoms with Gasteiger partial charge in [0.25, 0.3) is 0 Å². The maximum atomic E-state index is 13.5. The molecule has 2 N–H and O–H groups in total. The third-order valence-corrected chi connectivity index (χ3v) is 7.70. The van der Waals surface area contributed by atoms with Crippen LogP contribution >= 0.6 is 0 Å². The summed E-state index contributed by atoms with van der Waals surface area (Å²) in [4.78, 5) is 43.1. The van der Waals surface area contributed by atoms with Gasteiger partial charge in [0, 0.05) is 50.7 Å². The molecule has 220 valence electrons. The fourth-order valence-corrected chi connectivity index (χ4v) is 5.30. The van der Waals surface area contributed by atoms with Crippen LogP contribution in [0.3, 0.4) is 0 Å². The van der Waals surface area contributed by atoms with Gasteiger partial charge >= 0.3 is 5.97 Å². The Hall–Kier alpha value is -4.19. The molecule has 42 heavy (non-hydrogen) atoms. The Morgan fingerprint density at radius 1 is 1.05 bits per heavy atom. The monoisotopic (exact) mass is 571 g/mol. The third-order valence-electron chi connectivity index (χ3n) is 7.70. The van der Waals surface area contributed by atoms with E-state index >= 15 is 0 Å². The lowest BCUT2D eigenvalue weighted by Gasteiger charge is -2.36. The number of amides is 1. The van der Waals surface area contributed by atoms with Gasteiger partial charge in [-0.25, -0.2) is 9.97 Å². The number of anilines is 3. The van der Waals surface area contributed by atoms with Crippen LogP contribution in [0.2, 0.25) is 0 Å². The van der Waals surface area contributed by atoms with E-state index in [1.54, 1.807) is 25.6 Å². The number of hydrogen-bond donors (Lipinski definition) is 2. The van der Waals surface area contributed by atoms with Crippen LogP contribution in [-0.2, 0) is 31.9 Å². The molecule has 1 atom stereocenters. The van der Waals surface area contributed by atoms with E-state index in [1.165, 1.54) is 7.11 Å². The fourth-order valence-electron chi connectivity index (χ4n) is 5.30. The number of aromatic nitrogens is 3. The van der Waals surface area contributed by atoms with E-state index in [0.29, 0.717) is 30.4 Å². The Kier molecular flexibility index (Phi) is 9.21. The van der Waals surface area contributed by atoms with Gasteiger partial charge in [0.05, 0.1) is 43.4 Å². The maximum Gasteiger partial charge on any atom is 0.311 e. The molecule has 0 radical (unpaired) electrons. The molecule has 2 aromatic heterocycles. The van der Waals surface area contributed by atoms with Crippen molar-refractivity contribution in [3.8, 4) is 0 Å². The second-order valence-corrected chi connectivity index (χ2v) is 10.6. The molecule has 3 heterocycles. The molecule has 11 heteroatoms. The minimum atomic E-state index is -0.352. The molecule has 1 aliphatic heterocycles. The van der Waals surface area contributed by atoms with E-state index in [0.717, 1.165) is 59.8 Å². The highest BCUT2D eigenvalue weighted by Crippen LogP contribution is 2.37. The quantitative estimate of drug-likeness (QED) is 0.351. The summed E-state index contributed by atoms with van der Waals surface area (Å²) in [6, 6.07) is 9.22. The van der Waals surface area contributed by atoms with Crippen LogP contribution in [0.15, 0.2) is 48.8 Å². The minimum absolute atomic E-state index is 0.0563. The van der Waals surface area contributed by atoms with E-state index in [9.17, 15) is 9.59 Å². The molecule has 1 amide bonds. The van der Waals surface area contributed by atoms with Gasteiger partial charge in [0.15, 0.2) is 0 Å². The number of piperazine rings is 1. The molecule has 0 unspecified atom stereocenters. The van der Waals surface area contributed by atoms with Crippen LogP contribution < -0.4 is 10.6 Å². The number of aryl methyl sites for hydroxylation is 1. The zero-order valence-electron chi connectivity index (χ0n) is 24.5. The SMILES string of the molecule is COC[C@H](C(=O)Nc1cccc2c1CC=C2c1nc(Nc2ccc(CC(=O)OC)nc2)ncc1C)N1CCN(C)CC1. The number of allylic oxidation sites excluding steroid dienone is 1. The van der Waals surface area contributed by atoms with Crippen molar-refractivity contribution in [1.82, 2.24) is 24.8 Å². The zero-order chi connectivity index (χ0) is 29.6. The predicted molar refractivity (Wildman–Crippen MR) is 161 cm³/mol. The highest BCUT2D eigenvalue weighted by molar-refractivity contribution is 5.97. The highest BCUT2D eigenvalue weighted by atomic mass is 16.5. The maximum absolute atomic E-state index is 13.5. The van der Waals surface area contributed by atoms with Gasteiger partial charge in [-0.2, -0.15) is 0 Å². The minimum Gasteiger partial charge on any atom is -0.469 e. The number of hydrogen-bond acceptors (Lipinski definition) is 10. The van der Waals surface area contributed by atoms with Crippen molar-refractivity contribution in [3.05, 3.63) is 76.9 Å². The number of ether oxygens (including phenoxy) is 2. The van der Waals surface area contributed by atoms with Gasteiger partial charge in [0.2, 0.25) is 11.9 Å². The Labute approximate surface area is 246 Å². The average molecular weight is 572 g/mol. The van der Waals surface area contributed by atoms with Gasteiger partial charge in [-0.15, -0.1) is 0 Å². The average Bonchev–Trinajstić information content (AvgIpc) is 3.43. The smallest absolute Gasteiger partial charge is 0.311 e. The first-order chi connectivity index (χ1) is 20.4. The number of nitrogens with one attached hydrogen (secondary N) is 2.